The molecule has 100 valence electrons. The van der Waals surface area contributed by atoms with Crippen LogP contribution in [0.5, 0.6) is 0 Å². The molecule has 0 bridgehead atoms. The first-order valence-electron chi connectivity index (χ1n) is 5.58. The van der Waals surface area contributed by atoms with Gasteiger partial charge in [0.05, 0.1) is 0 Å². The average molecular weight is 276 g/mol. The zero-order chi connectivity index (χ0) is 13.4. The number of hydrogen-bond acceptors (Lipinski definition) is 3. The maximum absolute atomic E-state index is 13.5. The van der Waals surface area contributed by atoms with Crippen molar-refractivity contribution in [3.63, 3.8) is 0 Å². The molecule has 0 heterocycles. The van der Waals surface area contributed by atoms with Crippen LogP contribution in [0.25, 0.3) is 0 Å². The van der Waals surface area contributed by atoms with Gasteiger partial charge in [0.25, 0.3) is 0 Å². The Labute approximate surface area is 104 Å². The fourth-order valence-electron chi connectivity index (χ4n) is 1.98. The molecule has 0 atom stereocenters. The minimum absolute atomic E-state index is 0.162. The normalized spacial score (nSPS) is 18.4. The van der Waals surface area contributed by atoms with E-state index in [1.165, 1.54) is 0 Å². The van der Waals surface area contributed by atoms with Gasteiger partial charge in [-0.05, 0) is 31.4 Å². The van der Waals surface area contributed by atoms with E-state index in [1.807, 2.05) is 0 Å². The Kier molecular flexibility index (Phi) is 3.39. The summed E-state index contributed by atoms with van der Waals surface area (Å²) in [5.74, 6) is -1.92. The molecular weight excluding hydrogens is 262 g/mol. The van der Waals surface area contributed by atoms with Crippen LogP contribution in [-0.2, 0) is 10.0 Å². The SMILES string of the molecule is NCC1(NS(=O)(=O)c2ccc(F)cc2F)CCC1. The summed E-state index contributed by atoms with van der Waals surface area (Å²) in [6.45, 7) is 0.162. The molecule has 0 aromatic heterocycles. The van der Waals surface area contributed by atoms with E-state index in [-0.39, 0.29) is 6.54 Å². The number of halogens is 2. The highest BCUT2D eigenvalue weighted by molar-refractivity contribution is 7.89. The first-order chi connectivity index (χ1) is 8.38. The summed E-state index contributed by atoms with van der Waals surface area (Å²) in [4.78, 5) is -0.552. The lowest BCUT2D eigenvalue weighted by Crippen LogP contribution is -2.58. The van der Waals surface area contributed by atoms with E-state index in [0.29, 0.717) is 18.9 Å². The van der Waals surface area contributed by atoms with Gasteiger partial charge in [-0.2, -0.15) is 0 Å². The molecule has 1 saturated carbocycles. The first-order valence-corrected chi connectivity index (χ1v) is 7.06. The highest BCUT2D eigenvalue weighted by Crippen LogP contribution is 2.32. The molecule has 1 aliphatic rings. The van der Waals surface area contributed by atoms with E-state index in [4.69, 9.17) is 5.73 Å². The Bertz CT molecular complexity index is 551. The zero-order valence-electron chi connectivity index (χ0n) is 9.62. The summed E-state index contributed by atoms with van der Waals surface area (Å²) in [7, 11) is -4.01. The van der Waals surface area contributed by atoms with Gasteiger partial charge < -0.3 is 5.73 Å². The third kappa shape index (κ3) is 2.38. The molecule has 4 nitrogen and oxygen atoms in total. The molecule has 18 heavy (non-hydrogen) atoms. The van der Waals surface area contributed by atoms with Crippen LogP contribution < -0.4 is 10.5 Å². The minimum Gasteiger partial charge on any atom is -0.329 e. The second-order valence-electron chi connectivity index (χ2n) is 4.52. The molecular formula is C11H14F2N2O2S. The number of sulfonamides is 1. The van der Waals surface area contributed by atoms with Gasteiger partial charge in [0.2, 0.25) is 10.0 Å². The van der Waals surface area contributed by atoms with Crippen molar-refractivity contribution >= 4 is 10.0 Å². The number of hydrogen-bond donors (Lipinski definition) is 2. The van der Waals surface area contributed by atoms with Gasteiger partial charge in [-0.3, -0.25) is 0 Å². The second kappa shape index (κ2) is 4.56. The Morgan fingerprint density at radius 3 is 2.44 bits per heavy atom. The van der Waals surface area contributed by atoms with Gasteiger partial charge in [0, 0.05) is 18.2 Å². The Morgan fingerprint density at radius 1 is 1.33 bits per heavy atom. The van der Waals surface area contributed by atoms with Gasteiger partial charge in [-0.25, -0.2) is 21.9 Å². The molecule has 2 rings (SSSR count). The lowest BCUT2D eigenvalue weighted by atomic mass is 9.78. The second-order valence-corrected chi connectivity index (χ2v) is 6.17. The van der Waals surface area contributed by atoms with Crippen LogP contribution in [-0.4, -0.2) is 20.5 Å². The predicted molar refractivity (Wildman–Crippen MR) is 62.3 cm³/mol. The van der Waals surface area contributed by atoms with E-state index < -0.39 is 32.1 Å². The maximum Gasteiger partial charge on any atom is 0.244 e. The van der Waals surface area contributed by atoms with Crippen molar-refractivity contribution in [1.29, 1.82) is 0 Å². The van der Waals surface area contributed by atoms with Gasteiger partial charge in [-0.1, -0.05) is 0 Å². The lowest BCUT2D eigenvalue weighted by Gasteiger charge is -2.41. The third-order valence-electron chi connectivity index (χ3n) is 3.24. The molecule has 0 radical (unpaired) electrons. The van der Waals surface area contributed by atoms with Crippen LogP contribution in [0.3, 0.4) is 0 Å². The summed E-state index contributed by atoms with van der Waals surface area (Å²) >= 11 is 0. The van der Waals surface area contributed by atoms with Crippen molar-refractivity contribution in [3.8, 4) is 0 Å². The molecule has 0 spiro atoms. The van der Waals surface area contributed by atoms with E-state index in [0.717, 1.165) is 18.6 Å². The fourth-order valence-corrected chi connectivity index (χ4v) is 3.51. The van der Waals surface area contributed by atoms with Gasteiger partial charge in [0.1, 0.15) is 16.5 Å². The van der Waals surface area contributed by atoms with E-state index in [9.17, 15) is 17.2 Å². The highest BCUT2D eigenvalue weighted by atomic mass is 32.2. The quantitative estimate of drug-likeness (QED) is 0.865. The maximum atomic E-state index is 13.5. The van der Waals surface area contributed by atoms with E-state index in [1.54, 1.807) is 0 Å². The van der Waals surface area contributed by atoms with Crippen LogP contribution >= 0.6 is 0 Å². The fraction of sp³-hybridized carbons (Fsp3) is 0.455. The Morgan fingerprint density at radius 2 is 2.00 bits per heavy atom. The summed E-state index contributed by atoms with van der Waals surface area (Å²) in [6.07, 6.45) is 2.14. The lowest BCUT2D eigenvalue weighted by molar-refractivity contribution is 0.230. The van der Waals surface area contributed by atoms with Crippen molar-refractivity contribution in [2.45, 2.75) is 29.7 Å². The predicted octanol–water partition coefficient (Wildman–Crippen LogP) is 1.12. The largest absolute Gasteiger partial charge is 0.329 e. The number of rotatable bonds is 4. The van der Waals surface area contributed by atoms with Crippen LogP contribution in [0.2, 0.25) is 0 Å². The third-order valence-corrected chi connectivity index (χ3v) is 4.85. The molecule has 7 heteroatoms. The monoisotopic (exact) mass is 276 g/mol. The number of benzene rings is 1. The van der Waals surface area contributed by atoms with E-state index >= 15 is 0 Å². The van der Waals surface area contributed by atoms with Crippen LogP contribution in [0.15, 0.2) is 23.1 Å². The van der Waals surface area contributed by atoms with Gasteiger partial charge in [0.15, 0.2) is 0 Å². The van der Waals surface area contributed by atoms with Crippen LogP contribution in [0.4, 0.5) is 8.78 Å². The molecule has 1 aliphatic carbocycles. The van der Waals surface area contributed by atoms with E-state index in [2.05, 4.69) is 4.72 Å². The molecule has 1 aromatic carbocycles. The van der Waals surface area contributed by atoms with Crippen molar-refractivity contribution < 1.29 is 17.2 Å². The summed E-state index contributed by atoms with van der Waals surface area (Å²) in [5.41, 5.74) is 4.85. The zero-order valence-corrected chi connectivity index (χ0v) is 10.4. The topological polar surface area (TPSA) is 72.2 Å². The molecule has 1 aromatic rings. The molecule has 3 N–H and O–H groups in total. The van der Waals surface area contributed by atoms with Crippen molar-refractivity contribution in [3.05, 3.63) is 29.8 Å². The van der Waals surface area contributed by atoms with Crippen molar-refractivity contribution in [2.24, 2.45) is 5.73 Å². The Balaban J connectivity index is 2.31. The minimum atomic E-state index is -4.01. The van der Waals surface area contributed by atoms with Gasteiger partial charge >= 0.3 is 0 Å². The Hall–Kier alpha value is -1.05. The highest BCUT2D eigenvalue weighted by Gasteiger charge is 2.40. The summed E-state index contributed by atoms with van der Waals surface area (Å²) in [6, 6.07) is 2.37. The molecule has 0 saturated heterocycles. The van der Waals surface area contributed by atoms with Crippen LogP contribution in [0.1, 0.15) is 19.3 Å². The molecule has 0 aliphatic heterocycles. The van der Waals surface area contributed by atoms with Gasteiger partial charge in [-0.15, -0.1) is 0 Å². The van der Waals surface area contributed by atoms with Crippen LogP contribution in [0, 0.1) is 11.6 Å². The van der Waals surface area contributed by atoms with Crippen molar-refractivity contribution in [1.82, 2.24) is 4.72 Å². The summed E-state index contributed by atoms with van der Waals surface area (Å²) < 4.78 is 52.6. The summed E-state index contributed by atoms with van der Waals surface area (Å²) in [5, 5.41) is 0. The molecule has 1 fully saturated rings. The molecule has 0 unspecified atom stereocenters. The number of nitrogens with two attached hydrogens (primary N) is 1. The molecule has 0 amide bonds. The van der Waals surface area contributed by atoms with Crippen molar-refractivity contribution in [2.75, 3.05) is 6.54 Å². The standard InChI is InChI=1S/C11H14F2N2O2S/c12-8-2-3-10(9(13)6-8)18(16,17)15-11(7-14)4-1-5-11/h2-3,6,15H,1,4-5,7,14H2. The smallest absolute Gasteiger partial charge is 0.244 e. The first kappa shape index (κ1) is 13.4. The average Bonchev–Trinajstić information content (AvgIpc) is 2.23. The number of nitrogens with one attached hydrogen (secondary N) is 1.